The number of benzene rings is 1. The highest BCUT2D eigenvalue weighted by Gasteiger charge is 2.23. The van der Waals surface area contributed by atoms with Gasteiger partial charge in [-0.2, -0.15) is 0 Å². The average Bonchev–Trinajstić information content (AvgIpc) is 2.82. The molecule has 0 saturated carbocycles. The van der Waals surface area contributed by atoms with Crippen LogP contribution < -0.4 is 5.32 Å². The second kappa shape index (κ2) is 6.33. The van der Waals surface area contributed by atoms with Crippen LogP contribution in [0.5, 0.6) is 0 Å². The lowest BCUT2D eigenvalue weighted by Gasteiger charge is -2.20. The van der Waals surface area contributed by atoms with Crippen molar-refractivity contribution in [2.24, 2.45) is 0 Å². The molecule has 1 aromatic carbocycles. The van der Waals surface area contributed by atoms with Gasteiger partial charge in [0.15, 0.2) is 0 Å². The first kappa shape index (κ1) is 13.5. The molecule has 0 bridgehead atoms. The number of nitrogens with one attached hydrogen (secondary N) is 1. The fourth-order valence-corrected chi connectivity index (χ4v) is 2.20. The second-order valence-corrected chi connectivity index (χ2v) is 4.63. The largest absolute Gasteiger partial charge is 0.394 e. The van der Waals surface area contributed by atoms with E-state index >= 15 is 0 Å². The molecular weight excluding hydrogens is 244 g/mol. The van der Waals surface area contributed by atoms with Crippen LogP contribution in [0.15, 0.2) is 30.3 Å². The first-order valence-electron chi connectivity index (χ1n) is 6.43. The number of aliphatic hydroxyl groups excluding tert-OH is 1. The lowest BCUT2D eigenvalue weighted by molar-refractivity contribution is -0.133. The van der Waals surface area contributed by atoms with Gasteiger partial charge in [0.05, 0.1) is 19.2 Å². The summed E-state index contributed by atoms with van der Waals surface area (Å²) < 4.78 is 0. The number of hydrogen-bond donors (Lipinski definition) is 2. The molecule has 0 spiro atoms. The Balaban J connectivity index is 1.91. The van der Waals surface area contributed by atoms with Gasteiger partial charge in [0.2, 0.25) is 11.8 Å². The minimum Gasteiger partial charge on any atom is -0.394 e. The van der Waals surface area contributed by atoms with Crippen molar-refractivity contribution < 1.29 is 14.7 Å². The number of aliphatic hydroxyl groups is 1. The lowest BCUT2D eigenvalue weighted by Crippen LogP contribution is -2.40. The molecule has 0 aromatic heterocycles. The van der Waals surface area contributed by atoms with Crippen LogP contribution in [0.4, 0.5) is 0 Å². The molecule has 5 nitrogen and oxygen atoms in total. The summed E-state index contributed by atoms with van der Waals surface area (Å²) in [5, 5.41) is 12.1. The summed E-state index contributed by atoms with van der Waals surface area (Å²) in [5.41, 5.74) is 0.853. The molecule has 1 aliphatic heterocycles. The Hall–Kier alpha value is -1.88. The van der Waals surface area contributed by atoms with E-state index in [1.54, 1.807) is 4.90 Å². The SMILES string of the molecule is O=C(CN1CCCC1=O)N[C@H](CO)c1ccccc1. The Morgan fingerprint density at radius 3 is 2.68 bits per heavy atom. The first-order valence-corrected chi connectivity index (χ1v) is 6.43. The van der Waals surface area contributed by atoms with E-state index in [9.17, 15) is 14.7 Å². The highest BCUT2D eigenvalue weighted by atomic mass is 16.3. The molecule has 2 N–H and O–H groups in total. The van der Waals surface area contributed by atoms with Gasteiger partial charge in [-0.1, -0.05) is 30.3 Å². The van der Waals surface area contributed by atoms with Gasteiger partial charge in [-0.3, -0.25) is 9.59 Å². The van der Waals surface area contributed by atoms with Crippen LogP contribution >= 0.6 is 0 Å². The summed E-state index contributed by atoms with van der Waals surface area (Å²) in [6, 6.07) is 8.86. The number of rotatable bonds is 5. The summed E-state index contributed by atoms with van der Waals surface area (Å²) in [6.07, 6.45) is 1.34. The van der Waals surface area contributed by atoms with Gasteiger partial charge in [-0.15, -0.1) is 0 Å². The van der Waals surface area contributed by atoms with E-state index in [1.807, 2.05) is 30.3 Å². The zero-order chi connectivity index (χ0) is 13.7. The van der Waals surface area contributed by atoms with E-state index in [2.05, 4.69) is 5.32 Å². The number of amides is 2. The van der Waals surface area contributed by atoms with Crippen LogP contribution in [0.2, 0.25) is 0 Å². The van der Waals surface area contributed by atoms with Crippen LogP contribution in [0.1, 0.15) is 24.4 Å². The average molecular weight is 262 g/mol. The lowest BCUT2D eigenvalue weighted by atomic mass is 10.1. The number of hydrogen-bond acceptors (Lipinski definition) is 3. The number of carbonyl (C=O) groups is 2. The van der Waals surface area contributed by atoms with Gasteiger partial charge in [0, 0.05) is 13.0 Å². The number of likely N-dealkylation sites (tertiary alicyclic amines) is 1. The quantitative estimate of drug-likeness (QED) is 0.810. The molecule has 1 aromatic rings. The summed E-state index contributed by atoms with van der Waals surface area (Å²) in [5.74, 6) is -0.214. The monoisotopic (exact) mass is 262 g/mol. The predicted molar refractivity (Wildman–Crippen MR) is 70.2 cm³/mol. The third-order valence-electron chi connectivity index (χ3n) is 3.23. The molecule has 0 radical (unpaired) electrons. The maximum atomic E-state index is 11.9. The minimum absolute atomic E-state index is 0.0235. The minimum atomic E-state index is -0.425. The fourth-order valence-electron chi connectivity index (χ4n) is 2.20. The summed E-state index contributed by atoms with van der Waals surface area (Å²) in [7, 11) is 0. The molecular formula is C14H18N2O3. The van der Waals surface area contributed by atoms with E-state index in [1.165, 1.54) is 0 Å². The molecule has 1 atom stereocenters. The van der Waals surface area contributed by atoms with Crippen molar-refractivity contribution in [3.63, 3.8) is 0 Å². The molecule has 19 heavy (non-hydrogen) atoms. The molecule has 1 aliphatic rings. The van der Waals surface area contributed by atoms with Crippen LogP contribution in [0.3, 0.4) is 0 Å². The van der Waals surface area contributed by atoms with E-state index < -0.39 is 6.04 Å². The van der Waals surface area contributed by atoms with Crippen molar-refractivity contribution in [2.75, 3.05) is 19.7 Å². The van der Waals surface area contributed by atoms with Gasteiger partial charge in [0.1, 0.15) is 0 Å². The van der Waals surface area contributed by atoms with Crippen LogP contribution in [0.25, 0.3) is 0 Å². The molecule has 1 saturated heterocycles. The molecule has 102 valence electrons. The molecule has 0 unspecified atom stereocenters. The smallest absolute Gasteiger partial charge is 0.240 e. The van der Waals surface area contributed by atoms with Crippen molar-refractivity contribution in [1.29, 1.82) is 0 Å². The molecule has 1 heterocycles. The van der Waals surface area contributed by atoms with Gasteiger partial charge < -0.3 is 15.3 Å². The molecule has 5 heteroatoms. The Morgan fingerprint density at radius 1 is 1.37 bits per heavy atom. The molecule has 1 fully saturated rings. The third-order valence-corrected chi connectivity index (χ3v) is 3.23. The Kier molecular flexibility index (Phi) is 4.52. The summed E-state index contributed by atoms with van der Waals surface area (Å²) >= 11 is 0. The van der Waals surface area contributed by atoms with E-state index in [-0.39, 0.29) is 25.0 Å². The van der Waals surface area contributed by atoms with E-state index in [0.717, 1.165) is 12.0 Å². The topological polar surface area (TPSA) is 69.6 Å². The number of nitrogens with zero attached hydrogens (tertiary/aromatic N) is 1. The van der Waals surface area contributed by atoms with Gasteiger partial charge >= 0.3 is 0 Å². The molecule has 2 rings (SSSR count). The summed E-state index contributed by atoms with van der Waals surface area (Å²) in [4.78, 5) is 24.9. The van der Waals surface area contributed by atoms with Crippen LogP contribution in [-0.4, -0.2) is 41.5 Å². The third kappa shape index (κ3) is 3.54. The van der Waals surface area contributed by atoms with Crippen LogP contribution in [-0.2, 0) is 9.59 Å². The summed E-state index contributed by atoms with van der Waals surface area (Å²) in [6.45, 7) is 0.549. The molecule has 0 aliphatic carbocycles. The van der Waals surface area contributed by atoms with Gasteiger partial charge in [-0.05, 0) is 12.0 Å². The first-order chi connectivity index (χ1) is 9.20. The van der Waals surface area contributed by atoms with Crippen molar-refractivity contribution in [1.82, 2.24) is 10.2 Å². The zero-order valence-electron chi connectivity index (χ0n) is 10.7. The van der Waals surface area contributed by atoms with Crippen molar-refractivity contribution in [3.8, 4) is 0 Å². The zero-order valence-corrected chi connectivity index (χ0v) is 10.7. The standard InChI is InChI=1S/C14H18N2O3/c17-10-12(11-5-2-1-3-6-11)15-13(18)9-16-8-4-7-14(16)19/h1-3,5-6,12,17H,4,7-10H2,(H,15,18)/t12-/m1/s1. The number of carbonyl (C=O) groups excluding carboxylic acids is 2. The van der Waals surface area contributed by atoms with Crippen molar-refractivity contribution in [2.45, 2.75) is 18.9 Å². The van der Waals surface area contributed by atoms with E-state index in [4.69, 9.17) is 0 Å². The van der Waals surface area contributed by atoms with Gasteiger partial charge in [0.25, 0.3) is 0 Å². The Labute approximate surface area is 112 Å². The van der Waals surface area contributed by atoms with Crippen molar-refractivity contribution in [3.05, 3.63) is 35.9 Å². The second-order valence-electron chi connectivity index (χ2n) is 4.63. The van der Waals surface area contributed by atoms with Crippen molar-refractivity contribution >= 4 is 11.8 Å². The maximum Gasteiger partial charge on any atom is 0.240 e. The van der Waals surface area contributed by atoms with Crippen LogP contribution in [0, 0.1) is 0 Å². The fraction of sp³-hybridized carbons (Fsp3) is 0.429. The maximum absolute atomic E-state index is 11.9. The van der Waals surface area contributed by atoms with E-state index in [0.29, 0.717) is 13.0 Å². The Bertz CT molecular complexity index is 447. The highest BCUT2D eigenvalue weighted by molar-refractivity contribution is 5.86. The van der Waals surface area contributed by atoms with Gasteiger partial charge in [-0.25, -0.2) is 0 Å². The highest BCUT2D eigenvalue weighted by Crippen LogP contribution is 2.12. The Morgan fingerprint density at radius 2 is 2.11 bits per heavy atom. The normalized spacial score (nSPS) is 16.5. The molecule has 2 amide bonds. The predicted octanol–water partition coefficient (Wildman–Crippen LogP) is 0.459.